The van der Waals surface area contributed by atoms with Gasteiger partial charge < -0.3 is 5.32 Å². The molecular weight excluding hydrogens is 340 g/mol. The lowest BCUT2D eigenvalue weighted by atomic mass is 9.72. The molecule has 1 aromatic heterocycles. The van der Waals surface area contributed by atoms with Crippen molar-refractivity contribution in [3.63, 3.8) is 0 Å². The van der Waals surface area contributed by atoms with Crippen LogP contribution in [0.25, 0.3) is 10.1 Å². The molecule has 0 unspecified atom stereocenters. The molecule has 3 aliphatic heterocycles. The Morgan fingerprint density at radius 1 is 1.25 bits per heavy atom. The van der Waals surface area contributed by atoms with E-state index >= 15 is 0 Å². The number of nitrogens with zero attached hydrogens (tertiary/aromatic N) is 1. The van der Waals surface area contributed by atoms with Gasteiger partial charge in [-0.25, -0.2) is 0 Å². The Morgan fingerprint density at radius 2 is 1.96 bits per heavy atom. The van der Waals surface area contributed by atoms with Gasteiger partial charge in [0, 0.05) is 16.3 Å². The average Bonchev–Trinajstić information content (AvgIpc) is 2.94. The summed E-state index contributed by atoms with van der Waals surface area (Å²) in [6.45, 7) is 8.99. The summed E-state index contributed by atoms with van der Waals surface area (Å²) in [5.41, 5.74) is 1.30. The molecule has 0 aliphatic carbocycles. The van der Waals surface area contributed by atoms with Gasteiger partial charge in [-0.15, -0.1) is 23.7 Å². The number of fused-ring (bicyclic) bond motifs is 4. The van der Waals surface area contributed by atoms with E-state index in [2.05, 4.69) is 49.2 Å². The van der Waals surface area contributed by atoms with Crippen molar-refractivity contribution in [3.05, 3.63) is 34.7 Å². The summed E-state index contributed by atoms with van der Waals surface area (Å²) >= 11 is 1.60. The predicted octanol–water partition coefficient (Wildman–Crippen LogP) is 4.23. The largest absolute Gasteiger partial charge is 0.346 e. The van der Waals surface area contributed by atoms with Crippen molar-refractivity contribution in [1.29, 1.82) is 0 Å². The quantitative estimate of drug-likeness (QED) is 0.864. The van der Waals surface area contributed by atoms with E-state index in [9.17, 15) is 4.79 Å². The van der Waals surface area contributed by atoms with Crippen LogP contribution in [-0.4, -0.2) is 35.5 Å². The van der Waals surface area contributed by atoms with Gasteiger partial charge in [-0.05, 0) is 75.7 Å². The number of carbonyl (C=O) groups excluding carboxylic acids is 1. The highest BCUT2D eigenvalue weighted by molar-refractivity contribution is 7.20. The molecule has 0 saturated carbocycles. The molecule has 2 bridgehead atoms. The first-order valence-corrected chi connectivity index (χ1v) is 9.33. The molecule has 2 aromatic rings. The molecule has 4 heterocycles. The first-order valence-electron chi connectivity index (χ1n) is 8.51. The monoisotopic (exact) mass is 364 g/mol. The Bertz CT molecular complexity index is 762. The van der Waals surface area contributed by atoms with E-state index in [0.717, 1.165) is 4.88 Å². The van der Waals surface area contributed by atoms with Crippen LogP contribution in [0.4, 0.5) is 0 Å². The van der Waals surface area contributed by atoms with E-state index < -0.39 is 0 Å². The van der Waals surface area contributed by atoms with Crippen molar-refractivity contribution in [2.75, 3.05) is 13.1 Å². The normalized spacial score (nSPS) is 27.7. The molecule has 1 atom stereocenters. The molecule has 5 rings (SSSR count). The van der Waals surface area contributed by atoms with E-state index in [4.69, 9.17) is 0 Å². The molecule has 0 spiro atoms. The highest BCUT2D eigenvalue weighted by Gasteiger charge is 2.48. The van der Waals surface area contributed by atoms with Gasteiger partial charge in [0.15, 0.2) is 0 Å². The van der Waals surface area contributed by atoms with E-state index in [1.54, 1.807) is 11.3 Å². The predicted molar refractivity (Wildman–Crippen MR) is 103 cm³/mol. The summed E-state index contributed by atoms with van der Waals surface area (Å²) in [6, 6.07) is 8.66. The molecule has 24 heavy (non-hydrogen) atoms. The molecule has 5 heteroatoms. The molecule has 1 amide bonds. The number of hydrogen-bond donors (Lipinski definition) is 1. The fourth-order valence-corrected chi connectivity index (χ4v) is 5.40. The maximum Gasteiger partial charge on any atom is 0.261 e. The van der Waals surface area contributed by atoms with Crippen LogP contribution in [0.15, 0.2) is 24.3 Å². The lowest BCUT2D eigenvalue weighted by molar-refractivity contribution is -0.0377. The maximum absolute atomic E-state index is 12.8. The van der Waals surface area contributed by atoms with Crippen LogP contribution in [0.1, 0.15) is 41.9 Å². The standard InChI is InChI=1S/C19H24N2OS.ClH/c1-12-4-5-14-11-16(23-15(14)10-12)18(22)20-17-13-6-8-21(9-7-13)19(17,2)3;/h4-5,10-11,13,17H,6-9H2,1-3H3,(H,20,22);1H/t17-;/m0./s1. The molecule has 1 N–H and O–H groups in total. The van der Waals surface area contributed by atoms with Crippen LogP contribution in [0.3, 0.4) is 0 Å². The SMILES string of the molecule is Cc1ccc2cc(C(=O)N[C@H]3C4CCN(CC4)C3(C)C)sc2c1.Cl. The van der Waals surface area contributed by atoms with Crippen molar-refractivity contribution in [2.45, 2.75) is 45.2 Å². The first kappa shape index (κ1) is 17.7. The number of halogens is 1. The minimum absolute atomic E-state index is 0. The van der Waals surface area contributed by atoms with Gasteiger partial charge in [0.25, 0.3) is 5.91 Å². The number of nitrogens with one attached hydrogen (secondary N) is 1. The Balaban J connectivity index is 0.00000169. The topological polar surface area (TPSA) is 32.3 Å². The molecule has 130 valence electrons. The lowest BCUT2D eigenvalue weighted by Crippen LogP contribution is -2.69. The number of carbonyl (C=O) groups is 1. The second-order valence-electron chi connectivity index (χ2n) is 7.58. The van der Waals surface area contributed by atoms with E-state index in [1.807, 2.05) is 6.07 Å². The number of thiophene rings is 1. The minimum Gasteiger partial charge on any atom is -0.346 e. The van der Waals surface area contributed by atoms with E-state index in [1.165, 1.54) is 41.6 Å². The third-order valence-corrected chi connectivity index (χ3v) is 6.87. The van der Waals surface area contributed by atoms with Gasteiger partial charge >= 0.3 is 0 Å². The van der Waals surface area contributed by atoms with E-state index in [-0.39, 0.29) is 29.9 Å². The van der Waals surface area contributed by atoms with Crippen LogP contribution in [0, 0.1) is 12.8 Å². The minimum atomic E-state index is 0. The molecule has 3 aliphatic rings. The van der Waals surface area contributed by atoms with Crippen molar-refractivity contribution in [3.8, 4) is 0 Å². The number of benzene rings is 1. The number of piperidine rings is 3. The van der Waals surface area contributed by atoms with Crippen LogP contribution in [0.5, 0.6) is 0 Å². The van der Waals surface area contributed by atoms with E-state index in [0.29, 0.717) is 5.92 Å². The lowest BCUT2D eigenvalue weighted by Gasteiger charge is -2.56. The molecular formula is C19H25ClN2OS. The summed E-state index contributed by atoms with van der Waals surface area (Å²) < 4.78 is 1.20. The smallest absolute Gasteiger partial charge is 0.261 e. The zero-order valence-electron chi connectivity index (χ0n) is 14.5. The molecule has 3 fully saturated rings. The summed E-state index contributed by atoms with van der Waals surface area (Å²) in [5.74, 6) is 0.714. The zero-order valence-corrected chi connectivity index (χ0v) is 16.1. The van der Waals surface area contributed by atoms with Gasteiger partial charge in [-0.2, -0.15) is 0 Å². The number of amides is 1. The maximum atomic E-state index is 12.8. The molecule has 0 radical (unpaired) electrons. The van der Waals surface area contributed by atoms with Crippen LogP contribution < -0.4 is 5.32 Å². The highest BCUT2D eigenvalue weighted by Crippen LogP contribution is 2.39. The summed E-state index contributed by atoms with van der Waals surface area (Å²) in [7, 11) is 0. The van der Waals surface area contributed by atoms with Gasteiger partial charge in [-0.3, -0.25) is 9.69 Å². The number of hydrogen-bond acceptors (Lipinski definition) is 3. The summed E-state index contributed by atoms with van der Waals surface area (Å²) in [5, 5.41) is 4.53. The van der Waals surface area contributed by atoms with Crippen molar-refractivity contribution in [1.82, 2.24) is 10.2 Å². The van der Waals surface area contributed by atoms with Gasteiger partial charge in [0.1, 0.15) is 0 Å². The summed E-state index contributed by atoms with van der Waals surface area (Å²) in [4.78, 5) is 16.2. The van der Waals surface area contributed by atoms with Crippen LogP contribution >= 0.6 is 23.7 Å². The Labute approximate surface area is 153 Å². The first-order chi connectivity index (χ1) is 10.9. The summed E-state index contributed by atoms with van der Waals surface area (Å²) in [6.07, 6.45) is 2.42. The Morgan fingerprint density at radius 3 is 2.62 bits per heavy atom. The van der Waals surface area contributed by atoms with Crippen molar-refractivity contribution < 1.29 is 4.79 Å². The Kier molecular flexibility index (Phi) is 4.67. The Hall–Kier alpha value is -1.10. The fourth-order valence-electron chi connectivity index (χ4n) is 4.34. The van der Waals surface area contributed by atoms with Crippen molar-refractivity contribution in [2.24, 2.45) is 5.92 Å². The molecule has 3 nitrogen and oxygen atoms in total. The molecule has 1 aromatic carbocycles. The highest BCUT2D eigenvalue weighted by atomic mass is 35.5. The van der Waals surface area contributed by atoms with Gasteiger partial charge in [0.05, 0.1) is 4.88 Å². The van der Waals surface area contributed by atoms with Gasteiger partial charge in [0.2, 0.25) is 0 Å². The fraction of sp³-hybridized carbons (Fsp3) is 0.526. The second kappa shape index (κ2) is 6.32. The number of aryl methyl sites for hydroxylation is 1. The molecule has 3 saturated heterocycles. The van der Waals surface area contributed by atoms with Crippen molar-refractivity contribution >= 4 is 39.7 Å². The average molecular weight is 365 g/mol. The zero-order chi connectivity index (χ0) is 16.2. The third kappa shape index (κ3) is 2.85. The second-order valence-corrected chi connectivity index (χ2v) is 8.66. The van der Waals surface area contributed by atoms with Crippen LogP contribution in [-0.2, 0) is 0 Å². The number of rotatable bonds is 2. The van der Waals surface area contributed by atoms with Crippen LogP contribution in [0.2, 0.25) is 0 Å². The third-order valence-electron chi connectivity index (χ3n) is 5.77. The van der Waals surface area contributed by atoms with Gasteiger partial charge in [-0.1, -0.05) is 12.1 Å².